The Bertz CT molecular complexity index is 806. The number of hydrogen-bond donors (Lipinski definition) is 2. The molecule has 168 valence electrons. The van der Waals surface area contributed by atoms with E-state index in [-0.39, 0.29) is 0 Å². The summed E-state index contributed by atoms with van der Waals surface area (Å²) in [4.78, 5) is 22.0. The van der Waals surface area contributed by atoms with Crippen LogP contribution in [0.2, 0.25) is 0 Å². The minimum atomic E-state index is -0.584. The van der Waals surface area contributed by atoms with Crippen LogP contribution in [0.4, 0.5) is 4.79 Å². The first-order valence-electron chi connectivity index (χ1n) is 11.1. The third-order valence-electron chi connectivity index (χ3n) is 4.96. The standard InChI is InChI=1S/C25H34N2O4/c1-2-3-4-5-6-7-15-30-23-11-8-20(9-12-23)17-22-18-21(19-28)10-13-24(22)31-16-14-27-25(26)29/h8-13,18-19H,2-7,14-17H2,1H3,(H3,26,27,29). The minimum Gasteiger partial charge on any atom is -0.494 e. The molecule has 3 N–H and O–H groups in total. The molecule has 0 fully saturated rings. The van der Waals surface area contributed by atoms with E-state index in [1.54, 1.807) is 12.1 Å². The van der Waals surface area contributed by atoms with Crippen LogP contribution in [-0.2, 0) is 6.42 Å². The van der Waals surface area contributed by atoms with Crippen molar-refractivity contribution in [3.05, 3.63) is 59.2 Å². The molecule has 0 aromatic heterocycles. The number of ether oxygens (including phenoxy) is 2. The highest BCUT2D eigenvalue weighted by molar-refractivity contribution is 5.75. The number of carbonyl (C=O) groups is 2. The molecule has 0 radical (unpaired) electrons. The quantitative estimate of drug-likeness (QED) is 0.314. The smallest absolute Gasteiger partial charge is 0.312 e. The molecule has 0 aliphatic rings. The average Bonchev–Trinajstić information content (AvgIpc) is 2.77. The number of nitrogens with two attached hydrogens (primary N) is 1. The highest BCUT2D eigenvalue weighted by Crippen LogP contribution is 2.24. The van der Waals surface area contributed by atoms with Gasteiger partial charge in [0.1, 0.15) is 24.4 Å². The van der Waals surface area contributed by atoms with Gasteiger partial charge < -0.3 is 20.5 Å². The van der Waals surface area contributed by atoms with Gasteiger partial charge in [0.2, 0.25) is 0 Å². The maximum Gasteiger partial charge on any atom is 0.312 e. The molecule has 31 heavy (non-hydrogen) atoms. The number of unbranched alkanes of at least 4 members (excludes halogenated alkanes) is 5. The van der Waals surface area contributed by atoms with Crippen LogP contribution in [-0.4, -0.2) is 32.1 Å². The van der Waals surface area contributed by atoms with Crippen LogP contribution in [0, 0.1) is 0 Å². The van der Waals surface area contributed by atoms with E-state index in [4.69, 9.17) is 15.2 Å². The molecule has 0 heterocycles. The fourth-order valence-corrected chi connectivity index (χ4v) is 3.28. The van der Waals surface area contributed by atoms with Crippen molar-refractivity contribution in [1.82, 2.24) is 5.32 Å². The third kappa shape index (κ3) is 9.55. The molecule has 0 saturated carbocycles. The van der Waals surface area contributed by atoms with Crippen molar-refractivity contribution < 1.29 is 19.1 Å². The van der Waals surface area contributed by atoms with Crippen LogP contribution in [0.1, 0.15) is 66.9 Å². The van der Waals surface area contributed by atoms with Gasteiger partial charge in [-0.3, -0.25) is 4.79 Å². The molecule has 0 spiro atoms. The van der Waals surface area contributed by atoms with E-state index < -0.39 is 6.03 Å². The molecule has 0 atom stereocenters. The molecule has 6 heteroatoms. The monoisotopic (exact) mass is 426 g/mol. The second kappa shape index (κ2) is 14.1. The van der Waals surface area contributed by atoms with Gasteiger partial charge in [-0.1, -0.05) is 51.2 Å². The van der Waals surface area contributed by atoms with Gasteiger partial charge in [-0.25, -0.2) is 4.79 Å². The lowest BCUT2D eigenvalue weighted by Crippen LogP contribution is -2.32. The summed E-state index contributed by atoms with van der Waals surface area (Å²) in [6, 6.07) is 12.8. The van der Waals surface area contributed by atoms with E-state index in [1.165, 1.54) is 32.1 Å². The number of carbonyl (C=O) groups excluding carboxylic acids is 2. The summed E-state index contributed by atoms with van der Waals surface area (Å²) in [6.45, 7) is 3.57. The molecule has 0 saturated heterocycles. The van der Waals surface area contributed by atoms with E-state index in [1.807, 2.05) is 30.3 Å². The predicted octanol–water partition coefficient (Wildman–Crippen LogP) is 4.88. The van der Waals surface area contributed by atoms with Gasteiger partial charge in [0.05, 0.1) is 13.2 Å². The molecule has 6 nitrogen and oxygen atoms in total. The molecule has 2 amide bonds. The first kappa shape index (κ1) is 24.3. The molecular weight excluding hydrogens is 392 g/mol. The zero-order chi connectivity index (χ0) is 22.3. The molecule has 0 aliphatic carbocycles. The molecular formula is C25H34N2O4. The average molecular weight is 427 g/mol. The SMILES string of the molecule is CCCCCCCCOc1ccc(Cc2cc(C=O)ccc2OCCNC(N)=O)cc1. The Kier molecular flexibility index (Phi) is 11.0. The number of benzene rings is 2. The second-order valence-electron chi connectivity index (χ2n) is 7.56. The Morgan fingerprint density at radius 3 is 2.42 bits per heavy atom. The number of primary amides is 1. The summed E-state index contributed by atoms with van der Waals surface area (Å²) in [7, 11) is 0. The summed E-state index contributed by atoms with van der Waals surface area (Å²) in [5, 5.41) is 2.49. The fourth-order valence-electron chi connectivity index (χ4n) is 3.28. The number of aldehydes is 1. The van der Waals surface area contributed by atoms with E-state index in [0.717, 1.165) is 36.2 Å². The Balaban J connectivity index is 1.87. The van der Waals surface area contributed by atoms with Crippen LogP contribution < -0.4 is 20.5 Å². The Morgan fingerprint density at radius 2 is 1.71 bits per heavy atom. The number of nitrogens with one attached hydrogen (secondary N) is 1. The molecule has 2 aromatic carbocycles. The highest BCUT2D eigenvalue weighted by atomic mass is 16.5. The lowest BCUT2D eigenvalue weighted by molar-refractivity contribution is 0.112. The predicted molar refractivity (Wildman–Crippen MR) is 123 cm³/mol. The topological polar surface area (TPSA) is 90.7 Å². The second-order valence-corrected chi connectivity index (χ2v) is 7.56. The zero-order valence-corrected chi connectivity index (χ0v) is 18.4. The van der Waals surface area contributed by atoms with Gasteiger partial charge in [0.15, 0.2) is 0 Å². The molecule has 2 rings (SSSR count). The fraction of sp³-hybridized carbons (Fsp3) is 0.440. The highest BCUT2D eigenvalue weighted by Gasteiger charge is 2.08. The Morgan fingerprint density at radius 1 is 0.968 bits per heavy atom. The summed E-state index contributed by atoms with van der Waals surface area (Å²) in [5.74, 6) is 1.55. The largest absolute Gasteiger partial charge is 0.494 e. The summed E-state index contributed by atoms with van der Waals surface area (Å²) in [5.41, 5.74) is 7.66. The minimum absolute atomic E-state index is 0.293. The first-order chi connectivity index (χ1) is 15.1. The van der Waals surface area contributed by atoms with Crippen molar-refractivity contribution in [3.8, 4) is 11.5 Å². The molecule has 0 unspecified atom stereocenters. The maximum atomic E-state index is 11.2. The van der Waals surface area contributed by atoms with Crippen molar-refractivity contribution in [3.63, 3.8) is 0 Å². The normalized spacial score (nSPS) is 10.5. The molecule has 0 bridgehead atoms. The van der Waals surface area contributed by atoms with Gasteiger partial charge in [-0.15, -0.1) is 0 Å². The zero-order valence-electron chi connectivity index (χ0n) is 18.4. The number of rotatable bonds is 15. The van der Waals surface area contributed by atoms with Gasteiger partial charge in [-0.2, -0.15) is 0 Å². The van der Waals surface area contributed by atoms with E-state index in [2.05, 4.69) is 12.2 Å². The maximum absolute atomic E-state index is 11.2. The van der Waals surface area contributed by atoms with Gasteiger partial charge in [-0.05, 0) is 47.9 Å². The van der Waals surface area contributed by atoms with Crippen LogP contribution in [0.25, 0.3) is 0 Å². The van der Waals surface area contributed by atoms with Crippen molar-refractivity contribution in [2.24, 2.45) is 5.73 Å². The molecule has 0 aliphatic heterocycles. The number of amides is 2. The van der Waals surface area contributed by atoms with Crippen LogP contribution in [0.3, 0.4) is 0 Å². The van der Waals surface area contributed by atoms with Gasteiger partial charge in [0, 0.05) is 12.0 Å². The third-order valence-corrected chi connectivity index (χ3v) is 4.96. The Hall–Kier alpha value is -3.02. The lowest BCUT2D eigenvalue weighted by atomic mass is 10.0. The van der Waals surface area contributed by atoms with Crippen LogP contribution in [0.15, 0.2) is 42.5 Å². The van der Waals surface area contributed by atoms with Crippen molar-refractivity contribution in [2.75, 3.05) is 19.8 Å². The van der Waals surface area contributed by atoms with Crippen molar-refractivity contribution in [1.29, 1.82) is 0 Å². The summed E-state index contributed by atoms with van der Waals surface area (Å²) < 4.78 is 11.6. The Labute approximate surface area is 185 Å². The number of urea groups is 1. The van der Waals surface area contributed by atoms with Crippen LogP contribution >= 0.6 is 0 Å². The summed E-state index contributed by atoms with van der Waals surface area (Å²) in [6.07, 6.45) is 8.90. The van der Waals surface area contributed by atoms with Crippen LogP contribution in [0.5, 0.6) is 11.5 Å². The van der Waals surface area contributed by atoms with E-state index in [9.17, 15) is 9.59 Å². The summed E-state index contributed by atoms with van der Waals surface area (Å²) >= 11 is 0. The van der Waals surface area contributed by atoms with Gasteiger partial charge >= 0.3 is 6.03 Å². The number of hydrogen-bond acceptors (Lipinski definition) is 4. The van der Waals surface area contributed by atoms with Crippen molar-refractivity contribution in [2.45, 2.75) is 51.9 Å². The lowest BCUT2D eigenvalue weighted by Gasteiger charge is -2.13. The van der Waals surface area contributed by atoms with Crippen molar-refractivity contribution >= 4 is 12.3 Å². The van der Waals surface area contributed by atoms with E-state index >= 15 is 0 Å². The van der Waals surface area contributed by atoms with Gasteiger partial charge in [0.25, 0.3) is 0 Å². The molecule has 2 aromatic rings. The first-order valence-corrected chi connectivity index (χ1v) is 11.1. The van der Waals surface area contributed by atoms with E-state index in [0.29, 0.717) is 30.9 Å².